The summed E-state index contributed by atoms with van der Waals surface area (Å²) < 4.78 is 11.7. The van der Waals surface area contributed by atoms with Crippen LogP contribution in [-0.4, -0.2) is 19.5 Å². The van der Waals surface area contributed by atoms with Crippen LogP contribution >= 0.6 is 11.3 Å². The summed E-state index contributed by atoms with van der Waals surface area (Å²) in [6, 6.07) is 63.7. The van der Waals surface area contributed by atoms with E-state index >= 15 is 0 Å². The molecule has 0 N–H and O–H groups in total. The van der Waals surface area contributed by atoms with Gasteiger partial charge in [-0.1, -0.05) is 133 Å². The minimum absolute atomic E-state index is 0.613. The SMILES string of the molecule is c1ccc(-c2nc(-c3ccccc3)nc(-c3ccc4oc5c(-c6cccc7sc8cccc(-n9c%10ccccc%10c%10ccccc%109)c8c67)cccc5c4c3)n2)cc1. The molecule has 266 valence electrons. The predicted molar refractivity (Wildman–Crippen MR) is 236 cm³/mol. The number of hydrogen-bond donors (Lipinski definition) is 0. The molecule has 4 heterocycles. The Balaban J connectivity index is 1.06. The van der Waals surface area contributed by atoms with Crippen molar-refractivity contribution in [2.75, 3.05) is 0 Å². The van der Waals surface area contributed by atoms with Crippen LogP contribution in [0.1, 0.15) is 0 Å². The maximum Gasteiger partial charge on any atom is 0.164 e. The van der Waals surface area contributed by atoms with E-state index in [0.29, 0.717) is 17.5 Å². The molecule has 57 heavy (non-hydrogen) atoms. The number of nitrogens with zero attached hydrogens (tertiary/aromatic N) is 4. The fourth-order valence-corrected chi connectivity index (χ4v) is 9.68. The van der Waals surface area contributed by atoms with Crippen LogP contribution in [0.15, 0.2) is 186 Å². The maximum atomic E-state index is 6.82. The van der Waals surface area contributed by atoms with Crippen molar-refractivity contribution in [2.24, 2.45) is 0 Å². The molecule has 6 heteroatoms. The van der Waals surface area contributed by atoms with E-state index in [4.69, 9.17) is 19.4 Å². The highest BCUT2D eigenvalue weighted by atomic mass is 32.1. The Kier molecular flexibility index (Phi) is 7.03. The Morgan fingerprint density at radius 3 is 1.63 bits per heavy atom. The van der Waals surface area contributed by atoms with Gasteiger partial charge in [0, 0.05) is 64.0 Å². The van der Waals surface area contributed by atoms with Gasteiger partial charge in [0.25, 0.3) is 0 Å². The molecule has 0 aliphatic heterocycles. The summed E-state index contributed by atoms with van der Waals surface area (Å²) in [5.74, 6) is 1.88. The highest BCUT2D eigenvalue weighted by Gasteiger charge is 2.21. The number of fused-ring (bicyclic) bond motifs is 9. The summed E-state index contributed by atoms with van der Waals surface area (Å²) in [6.45, 7) is 0. The molecule has 0 saturated heterocycles. The quantitative estimate of drug-likeness (QED) is 0.176. The number of furan rings is 1. The third kappa shape index (κ3) is 4.98. The van der Waals surface area contributed by atoms with Crippen molar-refractivity contribution < 1.29 is 4.42 Å². The van der Waals surface area contributed by atoms with Crippen LogP contribution < -0.4 is 0 Å². The van der Waals surface area contributed by atoms with Crippen molar-refractivity contribution in [3.63, 3.8) is 0 Å². The van der Waals surface area contributed by atoms with Crippen LogP contribution in [-0.2, 0) is 0 Å². The molecular formula is C51H30N4OS. The predicted octanol–water partition coefficient (Wildman–Crippen LogP) is 13.9. The first-order valence-corrected chi connectivity index (χ1v) is 19.8. The van der Waals surface area contributed by atoms with Gasteiger partial charge in [0.15, 0.2) is 17.5 Å². The largest absolute Gasteiger partial charge is 0.455 e. The van der Waals surface area contributed by atoms with Gasteiger partial charge in [-0.2, -0.15) is 0 Å². The number of benzene rings is 8. The zero-order chi connectivity index (χ0) is 37.5. The molecule has 4 aromatic heterocycles. The van der Waals surface area contributed by atoms with Crippen molar-refractivity contribution in [1.29, 1.82) is 0 Å². The zero-order valence-electron chi connectivity index (χ0n) is 30.4. The van der Waals surface area contributed by atoms with E-state index in [1.165, 1.54) is 47.7 Å². The summed E-state index contributed by atoms with van der Waals surface area (Å²) in [4.78, 5) is 14.9. The second-order valence-corrected chi connectivity index (χ2v) is 15.4. The van der Waals surface area contributed by atoms with Gasteiger partial charge < -0.3 is 8.98 Å². The standard InChI is InChI=1S/C51H30N4OS/c1-3-14-31(15-4-1)49-52-50(32-16-5-2-6-17-32)54-51(53-49)33-28-29-43-39(30-33)38-22-11-21-37(48(38)56-43)36-20-12-26-44-46(36)47-42(25-13-27-45(47)57-44)55-40-23-9-7-18-34(40)35-19-8-10-24-41(35)55/h1-30H. The van der Waals surface area contributed by atoms with Crippen LogP contribution in [0.4, 0.5) is 0 Å². The lowest BCUT2D eigenvalue weighted by molar-refractivity contribution is 0.670. The molecule has 0 radical (unpaired) electrons. The molecule has 12 rings (SSSR count). The van der Waals surface area contributed by atoms with Gasteiger partial charge in [0.1, 0.15) is 11.2 Å². The van der Waals surface area contributed by atoms with E-state index in [1.54, 1.807) is 0 Å². The van der Waals surface area contributed by atoms with E-state index < -0.39 is 0 Å². The number of thiophene rings is 1. The molecule has 0 spiro atoms. The molecule has 0 fully saturated rings. The first-order chi connectivity index (χ1) is 28.3. The van der Waals surface area contributed by atoms with Crippen LogP contribution in [0, 0.1) is 0 Å². The molecule has 0 amide bonds. The lowest BCUT2D eigenvalue weighted by Gasteiger charge is -2.12. The van der Waals surface area contributed by atoms with Crippen molar-refractivity contribution in [3.8, 4) is 51.0 Å². The zero-order valence-corrected chi connectivity index (χ0v) is 31.2. The molecule has 0 bridgehead atoms. The third-order valence-electron chi connectivity index (χ3n) is 11.1. The molecule has 8 aromatic carbocycles. The van der Waals surface area contributed by atoms with Crippen molar-refractivity contribution in [1.82, 2.24) is 19.5 Å². The van der Waals surface area contributed by atoms with Gasteiger partial charge in [-0.3, -0.25) is 0 Å². The molecule has 12 aromatic rings. The molecule has 0 aliphatic carbocycles. The maximum absolute atomic E-state index is 6.82. The van der Waals surface area contributed by atoms with Crippen molar-refractivity contribution in [2.45, 2.75) is 0 Å². The second kappa shape index (κ2) is 12.6. The monoisotopic (exact) mass is 746 g/mol. The topological polar surface area (TPSA) is 56.7 Å². The number of para-hydroxylation sites is 3. The van der Waals surface area contributed by atoms with E-state index in [9.17, 15) is 0 Å². The van der Waals surface area contributed by atoms with E-state index in [0.717, 1.165) is 49.8 Å². The number of aromatic nitrogens is 4. The van der Waals surface area contributed by atoms with E-state index in [2.05, 4.69) is 114 Å². The normalized spacial score (nSPS) is 11.9. The first-order valence-electron chi connectivity index (χ1n) is 19.0. The third-order valence-corrected chi connectivity index (χ3v) is 12.2. The first kappa shape index (κ1) is 31.9. The highest BCUT2D eigenvalue weighted by molar-refractivity contribution is 7.26. The lowest BCUT2D eigenvalue weighted by atomic mass is 9.97. The average Bonchev–Trinajstić information content (AvgIpc) is 3.96. The second-order valence-electron chi connectivity index (χ2n) is 14.3. The number of rotatable bonds is 5. The van der Waals surface area contributed by atoms with Gasteiger partial charge in [-0.15, -0.1) is 11.3 Å². The van der Waals surface area contributed by atoms with Crippen LogP contribution in [0.3, 0.4) is 0 Å². The summed E-state index contributed by atoms with van der Waals surface area (Å²) in [5, 5.41) is 7.04. The van der Waals surface area contributed by atoms with Crippen LogP contribution in [0.5, 0.6) is 0 Å². The Morgan fingerprint density at radius 2 is 0.947 bits per heavy atom. The molecule has 0 atom stereocenters. The van der Waals surface area contributed by atoms with Gasteiger partial charge in [0.05, 0.1) is 16.7 Å². The molecular weight excluding hydrogens is 717 g/mol. The Bertz CT molecular complexity index is 3420. The fourth-order valence-electron chi connectivity index (χ4n) is 8.53. The van der Waals surface area contributed by atoms with Gasteiger partial charge >= 0.3 is 0 Å². The summed E-state index contributed by atoms with van der Waals surface area (Å²) in [7, 11) is 0. The van der Waals surface area contributed by atoms with E-state index in [-0.39, 0.29) is 0 Å². The summed E-state index contributed by atoms with van der Waals surface area (Å²) in [5.41, 5.74) is 10.2. The minimum Gasteiger partial charge on any atom is -0.455 e. The van der Waals surface area contributed by atoms with Crippen molar-refractivity contribution in [3.05, 3.63) is 182 Å². The Morgan fingerprint density at radius 1 is 0.404 bits per heavy atom. The summed E-state index contributed by atoms with van der Waals surface area (Å²) in [6.07, 6.45) is 0. The van der Waals surface area contributed by atoms with E-state index in [1.807, 2.05) is 84.1 Å². The minimum atomic E-state index is 0.613. The number of hydrogen-bond acceptors (Lipinski definition) is 5. The van der Waals surface area contributed by atoms with Gasteiger partial charge in [0.2, 0.25) is 0 Å². The smallest absolute Gasteiger partial charge is 0.164 e. The molecule has 0 unspecified atom stereocenters. The highest BCUT2D eigenvalue weighted by Crippen LogP contribution is 2.46. The lowest BCUT2D eigenvalue weighted by Crippen LogP contribution is -2.00. The van der Waals surface area contributed by atoms with Gasteiger partial charge in [-0.25, -0.2) is 15.0 Å². The van der Waals surface area contributed by atoms with Crippen molar-refractivity contribution >= 4 is 75.3 Å². The molecule has 0 saturated carbocycles. The van der Waals surface area contributed by atoms with Crippen LogP contribution in [0.2, 0.25) is 0 Å². The Labute approximate surface area is 330 Å². The average molecular weight is 747 g/mol. The van der Waals surface area contributed by atoms with Crippen LogP contribution in [0.25, 0.3) is 115 Å². The van der Waals surface area contributed by atoms with Gasteiger partial charge in [-0.05, 0) is 54.1 Å². The summed E-state index contributed by atoms with van der Waals surface area (Å²) >= 11 is 1.84. The molecule has 0 aliphatic rings. The molecule has 5 nitrogen and oxygen atoms in total. The fraction of sp³-hybridized carbons (Fsp3) is 0. The Hall–Kier alpha value is -7.41.